The molecule has 1 amide bonds. The smallest absolute Gasteiger partial charge is 0.264 e. The Morgan fingerprint density at radius 1 is 1.04 bits per heavy atom. The van der Waals surface area contributed by atoms with E-state index < -0.39 is 17.3 Å². The van der Waals surface area contributed by atoms with E-state index in [1.54, 1.807) is 48.5 Å². The van der Waals surface area contributed by atoms with Crippen molar-refractivity contribution in [3.8, 4) is 0 Å². The molecule has 4 rings (SSSR count). The largest absolute Gasteiger partial charge is 0.375 e. The van der Waals surface area contributed by atoms with Crippen LogP contribution in [0.2, 0.25) is 5.02 Å². The van der Waals surface area contributed by atoms with Gasteiger partial charge in [-0.15, -0.1) is 0 Å². The summed E-state index contributed by atoms with van der Waals surface area (Å²) in [5.74, 6) is -0.941. The van der Waals surface area contributed by atoms with Crippen molar-refractivity contribution in [2.24, 2.45) is 0 Å². The molecule has 1 atom stereocenters. The topological polar surface area (TPSA) is 70.5 Å². The van der Waals surface area contributed by atoms with Gasteiger partial charge in [0.05, 0.1) is 18.7 Å². The van der Waals surface area contributed by atoms with Crippen LogP contribution in [-0.2, 0) is 16.9 Å². The molecular formula is C22H17ClN2O3. The monoisotopic (exact) mass is 392 g/mol. The first-order chi connectivity index (χ1) is 13.5. The van der Waals surface area contributed by atoms with Gasteiger partial charge in [-0.05, 0) is 29.8 Å². The van der Waals surface area contributed by atoms with Crippen molar-refractivity contribution in [2.45, 2.75) is 18.6 Å². The molecule has 140 valence electrons. The second-order valence-corrected chi connectivity index (χ2v) is 7.08. The van der Waals surface area contributed by atoms with Crippen LogP contribution in [-0.4, -0.2) is 21.8 Å². The maximum absolute atomic E-state index is 13.2. The molecule has 1 aliphatic heterocycles. The normalized spacial score (nSPS) is 18.2. The van der Waals surface area contributed by atoms with Gasteiger partial charge in [-0.1, -0.05) is 54.1 Å². The minimum atomic E-state index is -1.94. The lowest BCUT2D eigenvalue weighted by Gasteiger charge is -2.23. The Bertz CT molecular complexity index is 1050. The van der Waals surface area contributed by atoms with Crippen molar-refractivity contribution >= 4 is 29.0 Å². The predicted octanol–water partition coefficient (Wildman–Crippen LogP) is 3.74. The number of ketones is 1. The van der Waals surface area contributed by atoms with E-state index in [0.29, 0.717) is 16.3 Å². The van der Waals surface area contributed by atoms with Gasteiger partial charge in [0.15, 0.2) is 11.4 Å². The molecule has 0 bridgehead atoms. The Labute approximate surface area is 167 Å². The van der Waals surface area contributed by atoms with E-state index in [0.717, 1.165) is 5.56 Å². The van der Waals surface area contributed by atoms with Crippen LogP contribution in [0.1, 0.15) is 28.0 Å². The predicted molar refractivity (Wildman–Crippen MR) is 106 cm³/mol. The third-order valence-corrected chi connectivity index (χ3v) is 5.26. The van der Waals surface area contributed by atoms with Crippen LogP contribution in [0.25, 0.3) is 0 Å². The van der Waals surface area contributed by atoms with Crippen LogP contribution in [0.3, 0.4) is 0 Å². The fourth-order valence-electron chi connectivity index (χ4n) is 3.48. The minimum Gasteiger partial charge on any atom is -0.375 e. The Morgan fingerprint density at radius 3 is 2.50 bits per heavy atom. The highest BCUT2D eigenvalue weighted by Crippen LogP contribution is 2.43. The molecule has 1 N–H and O–H groups in total. The van der Waals surface area contributed by atoms with Crippen LogP contribution in [0.4, 0.5) is 5.69 Å². The van der Waals surface area contributed by atoms with Gasteiger partial charge < -0.3 is 10.0 Å². The minimum absolute atomic E-state index is 0.204. The highest BCUT2D eigenvalue weighted by atomic mass is 35.5. The molecule has 3 aromatic rings. The lowest BCUT2D eigenvalue weighted by atomic mass is 9.89. The average molecular weight is 393 g/mol. The van der Waals surface area contributed by atoms with Gasteiger partial charge in [-0.2, -0.15) is 0 Å². The van der Waals surface area contributed by atoms with Crippen LogP contribution in [0.15, 0.2) is 72.9 Å². The number of para-hydroxylation sites is 1. The van der Waals surface area contributed by atoms with Gasteiger partial charge in [0.2, 0.25) is 0 Å². The number of benzene rings is 2. The molecule has 1 aliphatic rings. The second kappa shape index (κ2) is 7.19. The number of aromatic nitrogens is 1. The van der Waals surface area contributed by atoms with Crippen molar-refractivity contribution in [3.05, 3.63) is 94.8 Å². The molecule has 6 heteroatoms. The molecule has 2 aromatic carbocycles. The SMILES string of the molecule is O=C(CC1(O)C(=O)N(Cc2ccccc2Cl)c2ccccc21)c1ccccn1. The molecule has 2 heterocycles. The van der Waals surface area contributed by atoms with E-state index in [1.807, 2.05) is 18.2 Å². The van der Waals surface area contributed by atoms with Gasteiger partial charge >= 0.3 is 0 Å². The molecule has 0 saturated heterocycles. The number of halogens is 1. The maximum atomic E-state index is 13.2. The molecule has 0 saturated carbocycles. The highest BCUT2D eigenvalue weighted by Gasteiger charge is 2.50. The number of carbonyl (C=O) groups excluding carboxylic acids is 2. The van der Waals surface area contributed by atoms with E-state index in [1.165, 1.54) is 11.1 Å². The molecule has 28 heavy (non-hydrogen) atoms. The number of hydrogen-bond acceptors (Lipinski definition) is 4. The third kappa shape index (κ3) is 3.09. The standard InChI is InChI=1S/C22H17ClN2O3/c23-17-9-3-1-7-15(17)14-25-19-11-4-2-8-16(19)22(28,21(25)27)13-20(26)18-10-5-6-12-24-18/h1-12,28H,13-14H2. The number of anilines is 1. The first-order valence-electron chi connectivity index (χ1n) is 8.82. The molecule has 5 nitrogen and oxygen atoms in total. The number of aliphatic hydroxyl groups is 1. The van der Waals surface area contributed by atoms with Crippen molar-refractivity contribution in [1.82, 2.24) is 4.98 Å². The van der Waals surface area contributed by atoms with Crippen LogP contribution in [0.5, 0.6) is 0 Å². The fourth-order valence-corrected chi connectivity index (χ4v) is 3.68. The molecule has 1 aromatic heterocycles. The first-order valence-corrected chi connectivity index (χ1v) is 9.20. The Balaban J connectivity index is 1.70. The average Bonchev–Trinajstić information content (AvgIpc) is 2.92. The van der Waals surface area contributed by atoms with E-state index in [-0.39, 0.29) is 18.7 Å². The molecular weight excluding hydrogens is 376 g/mol. The van der Waals surface area contributed by atoms with E-state index in [4.69, 9.17) is 11.6 Å². The van der Waals surface area contributed by atoms with Crippen molar-refractivity contribution in [3.63, 3.8) is 0 Å². The van der Waals surface area contributed by atoms with E-state index >= 15 is 0 Å². The number of fused-ring (bicyclic) bond motifs is 1. The van der Waals surface area contributed by atoms with E-state index in [2.05, 4.69) is 4.98 Å². The zero-order chi connectivity index (χ0) is 19.7. The summed E-state index contributed by atoms with van der Waals surface area (Å²) in [6.45, 7) is 0.204. The summed E-state index contributed by atoms with van der Waals surface area (Å²) < 4.78 is 0. The Kier molecular flexibility index (Phi) is 4.71. The molecule has 1 unspecified atom stereocenters. The third-order valence-electron chi connectivity index (χ3n) is 4.89. The highest BCUT2D eigenvalue weighted by molar-refractivity contribution is 6.31. The molecule has 0 spiro atoms. The van der Waals surface area contributed by atoms with Crippen molar-refractivity contribution in [2.75, 3.05) is 4.90 Å². The number of rotatable bonds is 5. The van der Waals surface area contributed by atoms with Gasteiger partial charge in [-0.3, -0.25) is 14.6 Å². The number of hydrogen-bond donors (Lipinski definition) is 1. The number of amides is 1. The lowest BCUT2D eigenvalue weighted by molar-refractivity contribution is -0.136. The summed E-state index contributed by atoms with van der Waals surface area (Å²) in [6.07, 6.45) is 1.13. The molecule has 0 fully saturated rings. The summed E-state index contributed by atoms with van der Waals surface area (Å²) in [6, 6.07) is 19.1. The summed E-state index contributed by atoms with van der Waals surface area (Å²) in [4.78, 5) is 31.4. The first kappa shape index (κ1) is 18.3. The number of nitrogens with zero attached hydrogens (tertiary/aromatic N) is 2. The van der Waals surface area contributed by atoms with Gasteiger partial charge in [0.1, 0.15) is 5.69 Å². The lowest BCUT2D eigenvalue weighted by Crippen LogP contribution is -2.41. The number of pyridine rings is 1. The van der Waals surface area contributed by atoms with Crippen LogP contribution >= 0.6 is 11.6 Å². The Hall–Kier alpha value is -3.02. The molecule has 0 radical (unpaired) electrons. The second-order valence-electron chi connectivity index (χ2n) is 6.68. The van der Waals surface area contributed by atoms with Crippen molar-refractivity contribution in [1.29, 1.82) is 0 Å². The summed E-state index contributed by atoms with van der Waals surface area (Å²) in [5.41, 5.74) is 0.0189. The summed E-state index contributed by atoms with van der Waals surface area (Å²) in [7, 11) is 0. The van der Waals surface area contributed by atoms with Crippen LogP contribution < -0.4 is 4.90 Å². The Morgan fingerprint density at radius 2 is 1.75 bits per heavy atom. The van der Waals surface area contributed by atoms with E-state index in [9.17, 15) is 14.7 Å². The maximum Gasteiger partial charge on any atom is 0.264 e. The summed E-state index contributed by atoms with van der Waals surface area (Å²) >= 11 is 6.25. The number of Topliss-reactive ketones (excluding diaryl/α,β-unsaturated/α-hetero) is 1. The fraction of sp³-hybridized carbons (Fsp3) is 0.136. The zero-order valence-corrected chi connectivity index (χ0v) is 15.6. The van der Waals surface area contributed by atoms with Gasteiger partial charge in [0, 0.05) is 16.8 Å². The summed E-state index contributed by atoms with van der Waals surface area (Å²) in [5, 5.41) is 11.8. The molecule has 0 aliphatic carbocycles. The number of carbonyl (C=O) groups is 2. The van der Waals surface area contributed by atoms with Gasteiger partial charge in [-0.25, -0.2) is 0 Å². The van der Waals surface area contributed by atoms with Crippen LogP contribution in [0, 0.1) is 0 Å². The quantitative estimate of drug-likeness (QED) is 0.671. The van der Waals surface area contributed by atoms with Crippen molar-refractivity contribution < 1.29 is 14.7 Å². The zero-order valence-electron chi connectivity index (χ0n) is 14.9. The van der Waals surface area contributed by atoms with Gasteiger partial charge in [0.25, 0.3) is 5.91 Å².